The number of para-hydroxylation sites is 1. The first-order chi connectivity index (χ1) is 10.3. The van der Waals surface area contributed by atoms with Crippen molar-refractivity contribution in [1.29, 1.82) is 0 Å². The first-order valence-corrected chi connectivity index (χ1v) is 9.65. The van der Waals surface area contributed by atoms with E-state index in [0.717, 1.165) is 0 Å². The van der Waals surface area contributed by atoms with Gasteiger partial charge in [0, 0.05) is 0 Å². The van der Waals surface area contributed by atoms with Crippen molar-refractivity contribution in [2.75, 3.05) is 0 Å². The molecule has 0 aliphatic heterocycles. The van der Waals surface area contributed by atoms with Crippen LogP contribution in [0.2, 0.25) is 5.32 Å². The summed E-state index contributed by atoms with van der Waals surface area (Å²) >= 11 is 0.544. The molecule has 3 rings (SSSR count). The Kier molecular flexibility index (Phi) is 4.48. The summed E-state index contributed by atoms with van der Waals surface area (Å²) in [6.45, 7) is 2.28. The second-order valence-electron chi connectivity index (χ2n) is 5.32. The van der Waals surface area contributed by atoms with Gasteiger partial charge in [0.2, 0.25) is 0 Å². The summed E-state index contributed by atoms with van der Waals surface area (Å²) in [7, 11) is 2.20. The molecule has 0 unspecified atom stereocenters. The molecule has 1 nitrogen and oxygen atoms in total. The zero-order chi connectivity index (χ0) is 14.7. The van der Waals surface area contributed by atoms with Crippen molar-refractivity contribution in [2.24, 2.45) is 7.05 Å². The van der Waals surface area contributed by atoms with E-state index in [1.807, 2.05) is 0 Å². The summed E-state index contributed by atoms with van der Waals surface area (Å²) in [5.74, 6) is 0. The predicted molar refractivity (Wildman–Crippen MR) is 93.5 cm³/mol. The fourth-order valence-electron chi connectivity index (χ4n) is 2.74. The molecule has 2 heteroatoms. The van der Waals surface area contributed by atoms with Crippen LogP contribution in [0.3, 0.4) is 0 Å². The van der Waals surface area contributed by atoms with Crippen LogP contribution in [0.4, 0.5) is 0 Å². The Morgan fingerprint density at radius 1 is 0.952 bits per heavy atom. The van der Waals surface area contributed by atoms with Crippen LogP contribution in [-0.4, -0.2) is 19.5 Å². The molecule has 0 fully saturated rings. The van der Waals surface area contributed by atoms with E-state index in [1.165, 1.54) is 40.3 Å². The number of aryl methyl sites for hydroxylation is 1. The molecule has 0 N–H and O–H groups in total. The van der Waals surface area contributed by atoms with E-state index >= 15 is 0 Å². The van der Waals surface area contributed by atoms with E-state index in [4.69, 9.17) is 0 Å². The second kappa shape index (κ2) is 6.51. The van der Waals surface area contributed by atoms with Crippen molar-refractivity contribution in [3.05, 3.63) is 54.6 Å². The standard InChI is InChI=1S/C19H21NSe/c1-3-4-14-21-19-16-12-8-9-13-17(16)20(2)18(19)15-10-6-5-7-11-15/h5-13H,3-4,14H2,1-2H3. The van der Waals surface area contributed by atoms with Crippen molar-refractivity contribution >= 4 is 30.3 Å². The molecule has 1 heterocycles. The summed E-state index contributed by atoms with van der Waals surface area (Å²) in [5.41, 5.74) is 4.10. The van der Waals surface area contributed by atoms with E-state index in [2.05, 4.69) is 73.1 Å². The maximum atomic E-state index is 2.37. The number of fused-ring (bicyclic) bond motifs is 1. The number of unbranched alkanes of at least 4 members (excludes halogenated alkanes) is 1. The number of nitrogens with zero attached hydrogens (tertiary/aromatic N) is 1. The summed E-state index contributed by atoms with van der Waals surface area (Å²) in [4.78, 5) is 0. The summed E-state index contributed by atoms with van der Waals surface area (Å²) in [6, 6.07) is 19.6. The van der Waals surface area contributed by atoms with Crippen LogP contribution in [0.15, 0.2) is 54.6 Å². The van der Waals surface area contributed by atoms with Gasteiger partial charge in [-0.25, -0.2) is 0 Å². The Bertz CT molecular complexity index is 728. The zero-order valence-electron chi connectivity index (χ0n) is 12.7. The van der Waals surface area contributed by atoms with Gasteiger partial charge in [-0.05, 0) is 0 Å². The molecule has 0 radical (unpaired) electrons. The van der Waals surface area contributed by atoms with E-state index in [1.54, 1.807) is 4.46 Å². The van der Waals surface area contributed by atoms with Gasteiger partial charge < -0.3 is 0 Å². The molecule has 0 saturated heterocycles. The topological polar surface area (TPSA) is 4.93 Å². The molecule has 0 atom stereocenters. The van der Waals surface area contributed by atoms with Gasteiger partial charge in [-0.15, -0.1) is 0 Å². The third-order valence-corrected chi connectivity index (χ3v) is 6.36. The molecule has 2 aromatic carbocycles. The van der Waals surface area contributed by atoms with Crippen LogP contribution in [0.1, 0.15) is 19.8 Å². The van der Waals surface area contributed by atoms with Crippen molar-refractivity contribution in [3.8, 4) is 11.3 Å². The van der Waals surface area contributed by atoms with Crippen LogP contribution in [0.5, 0.6) is 0 Å². The Balaban J connectivity index is 2.16. The average molecular weight is 342 g/mol. The normalized spacial score (nSPS) is 11.1. The van der Waals surface area contributed by atoms with Crippen molar-refractivity contribution in [3.63, 3.8) is 0 Å². The predicted octanol–water partition coefficient (Wildman–Crippen LogP) is 4.39. The minimum atomic E-state index is 0.544. The molecule has 21 heavy (non-hydrogen) atoms. The molecule has 0 aliphatic rings. The molecule has 0 saturated carbocycles. The van der Waals surface area contributed by atoms with Gasteiger partial charge in [0.15, 0.2) is 0 Å². The van der Waals surface area contributed by atoms with E-state index in [-0.39, 0.29) is 0 Å². The van der Waals surface area contributed by atoms with Gasteiger partial charge in [0.05, 0.1) is 0 Å². The van der Waals surface area contributed by atoms with Gasteiger partial charge in [-0.1, -0.05) is 0 Å². The van der Waals surface area contributed by atoms with Crippen LogP contribution < -0.4 is 4.46 Å². The molecule has 0 amide bonds. The first-order valence-electron chi connectivity index (χ1n) is 7.58. The molecular weight excluding hydrogens is 321 g/mol. The van der Waals surface area contributed by atoms with Gasteiger partial charge in [-0.3, -0.25) is 0 Å². The summed E-state index contributed by atoms with van der Waals surface area (Å²) in [6.07, 6.45) is 2.62. The van der Waals surface area contributed by atoms with Crippen molar-refractivity contribution < 1.29 is 0 Å². The van der Waals surface area contributed by atoms with Crippen LogP contribution in [0.25, 0.3) is 22.2 Å². The van der Waals surface area contributed by atoms with Crippen LogP contribution >= 0.6 is 0 Å². The van der Waals surface area contributed by atoms with E-state index in [9.17, 15) is 0 Å². The Morgan fingerprint density at radius 3 is 2.43 bits per heavy atom. The van der Waals surface area contributed by atoms with Gasteiger partial charge in [0.25, 0.3) is 0 Å². The molecule has 1 aromatic heterocycles. The first kappa shape index (κ1) is 14.4. The number of hydrogen-bond acceptors (Lipinski definition) is 0. The summed E-state index contributed by atoms with van der Waals surface area (Å²) in [5, 5.41) is 2.77. The van der Waals surface area contributed by atoms with Crippen LogP contribution in [0, 0.1) is 0 Å². The fraction of sp³-hybridized carbons (Fsp3) is 0.263. The van der Waals surface area contributed by atoms with Crippen LogP contribution in [-0.2, 0) is 7.05 Å². The molecule has 0 bridgehead atoms. The number of aromatic nitrogens is 1. The monoisotopic (exact) mass is 343 g/mol. The molecule has 0 spiro atoms. The van der Waals surface area contributed by atoms with Gasteiger partial charge in [0.1, 0.15) is 0 Å². The van der Waals surface area contributed by atoms with Crippen molar-refractivity contribution in [2.45, 2.75) is 25.1 Å². The molecule has 0 aliphatic carbocycles. The zero-order valence-corrected chi connectivity index (χ0v) is 14.4. The average Bonchev–Trinajstić information content (AvgIpc) is 2.82. The SMILES string of the molecule is CCCC[Se]c1c(-c2ccccc2)n(C)c2ccccc12. The Morgan fingerprint density at radius 2 is 1.67 bits per heavy atom. The fourth-order valence-corrected chi connectivity index (χ4v) is 5.59. The Hall–Kier alpha value is -1.50. The molecule has 108 valence electrons. The third kappa shape index (κ3) is 2.79. The van der Waals surface area contributed by atoms with E-state index in [0.29, 0.717) is 15.0 Å². The maximum absolute atomic E-state index is 2.37. The number of benzene rings is 2. The number of rotatable bonds is 5. The Labute approximate surface area is 133 Å². The second-order valence-corrected chi connectivity index (χ2v) is 7.64. The van der Waals surface area contributed by atoms with E-state index < -0.39 is 0 Å². The molecular formula is C19H21NSe. The quantitative estimate of drug-likeness (QED) is 0.479. The minimum absolute atomic E-state index is 0.544. The van der Waals surface area contributed by atoms with Gasteiger partial charge in [-0.2, -0.15) is 0 Å². The van der Waals surface area contributed by atoms with Crippen molar-refractivity contribution in [1.82, 2.24) is 4.57 Å². The van der Waals surface area contributed by atoms with Gasteiger partial charge >= 0.3 is 133 Å². The third-order valence-electron chi connectivity index (χ3n) is 3.85. The molecule has 3 aromatic rings. The summed E-state index contributed by atoms with van der Waals surface area (Å²) < 4.78 is 3.94. The number of hydrogen-bond donors (Lipinski definition) is 0.